The lowest BCUT2D eigenvalue weighted by Crippen LogP contribution is -2.52. The summed E-state index contributed by atoms with van der Waals surface area (Å²) in [4.78, 5) is 37.2. The predicted octanol–water partition coefficient (Wildman–Crippen LogP) is 0.126. The summed E-state index contributed by atoms with van der Waals surface area (Å²) in [5.41, 5.74) is 4.22. The van der Waals surface area contributed by atoms with Crippen LogP contribution in [0.5, 0.6) is 0 Å². The number of hydrogen-bond donors (Lipinski definition) is 3. The van der Waals surface area contributed by atoms with Gasteiger partial charge in [0.1, 0.15) is 12.1 Å². The first-order valence-corrected chi connectivity index (χ1v) is 6.95. The fourth-order valence-corrected chi connectivity index (χ4v) is 2.75. The second kappa shape index (κ2) is 6.19. The lowest BCUT2D eigenvalue weighted by Gasteiger charge is -2.25. The molecule has 2 aliphatic rings. The molecule has 0 radical (unpaired) electrons. The maximum atomic E-state index is 12.3. The molecule has 7 nitrogen and oxygen atoms in total. The van der Waals surface area contributed by atoms with E-state index in [4.69, 9.17) is 5.73 Å². The van der Waals surface area contributed by atoms with E-state index in [1.807, 2.05) is 0 Å². The van der Waals surface area contributed by atoms with E-state index in [2.05, 4.69) is 10.6 Å². The van der Waals surface area contributed by atoms with Crippen LogP contribution in [0.4, 0.5) is 4.79 Å². The predicted molar refractivity (Wildman–Crippen MR) is 80.0 cm³/mol. The summed E-state index contributed by atoms with van der Waals surface area (Å²) >= 11 is 0. The number of carbonyl (C=O) groups is 3. The maximum Gasteiger partial charge on any atom is 0.325 e. The van der Waals surface area contributed by atoms with Crippen LogP contribution in [0.1, 0.15) is 39.5 Å². The minimum atomic E-state index is -0.763. The van der Waals surface area contributed by atoms with Crippen LogP contribution in [0.3, 0.4) is 0 Å². The Hall–Kier alpha value is -1.34. The molecule has 2 rings (SSSR count). The SMILES string of the molecule is CC(C)(CN)NC(=O)CN1C(=O)NC2(CCCC2)C1=O.Cl. The highest BCUT2D eigenvalue weighted by molar-refractivity contribution is 6.09. The van der Waals surface area contributed by atoms with Crippen LogP contribution in [-0.2, 0) is 9.59 Å². The highest BCUT2D eigenvalue weighted by Crippen LogP contribution is 2.34. The van der Waals surface area contributed by atoms with E-state index in [0.29, 0.717) is 12.8 Å². The van der Waals surface area contributed by atoms with Crippen LogP contribution in [0, 0.1) is 0 Å². The molecule has 8 heteroatoms. The Bertz CT molecular complexity index is 447. The first kappa shape index (κ1) is 17.7. The molecular formula is C13H23ClN4O3. The maximum absolute atomic E-state index is 12.3. The van der Waals surface area contributed by atoms with Crippen LogP contribution < -0.4 is 16.4 Å². The molecule has 1 heterocycles. The summed E-state index contributed by atoms with van der Waals surface area (Å²) in [7, 11) is 0. The number of nitrogens with two attached hydrogens (primary N) is 1. The minimum Gasteiger partial charge on any atom is -0.348 e. The zero-order valence-corrected chi connectivity index (χ0v) is 13.2. The Kier molecular flexibility index (Phi) is 5.22. The number of carbonyl (C=O) groups excluding carboxylic acids is 3. The van der Waals surface area contributed by atoms with Crippen LogP contribution in [-0.4, -0.2) is 46.9 Å². The average molecular weight is 319 g/mol. The van der Waals surface area contributed by atoms with Crippen molar-refractivity contribution in [2.75, 3.05) is 13.1 Å². The number of amides is 4. The largest absolute Gasteiger partial charge is 0.348 e. The van der Waals surface area contributed by atoms with Crippen LogP contribution >= 0.6 is 12.4 Å². The van der Waals surface area contributed by atoms with Gasteiger partial charge in [0.25, 0.3) is 5.91 Å². The van der Waals surface area contributed by atoms with E-state index in [0.717, 1.165) is 17.7 Å². The van der Waals surface area contributed by atoms with Crippen molar-refractivity contribution in [3.05, 3.63) is 0 Å². The van der Waals surface area contributed by atoms with E-state index in [9.17, 15) is 14.4 Å². The van der Waals surface area contributed by atoms with Crippen molar-refractivity contribution < 1.29 is 14.4 Å². The first-order chi connectivity index (χ1) is 9.30. The minimum absolute atomic E-state index is 0. The fourth-order valence-electron chi connectivity index (χ4n) is 2.75. The average Bonchev–Trinajstić information content (AvgIpc) is 2.91. The fraction of sp³-hybridized carbons (Fsp3) is 0.769. The molecule has 1 saturated heterocycles. The Morgan fingerprint density at radius 2 is 1.95 bits per heavy atom. The van der Waals surface area contributed by atoms with Crippen molar-refractivity contribution in [1.29, 1.82) is 0 Å². The third-order valence-electron chi connectivity index (χ3n) is 3.99. The molecule has 1 aliphatic heterocycles. The second-order valence-corrected chi connectivity index (χ2v) is 6.25. The van der Waals surface area contributed by atoms with Gasteiger partial charge in [0.15, 0.2) is 0 Å². The van der Waals surface area contributed by atoms with Gasteiger partial charge in [-0.1, -0.05) is 12.8 Å². The standard InChI is InChI=1S/C13H22N4O3.ClH/c1-12(2,8-14)15-9(18)7-17-10(19)13(16-11(17)20)5-3-4-6-13;/h3-8,14H2,1-2H3,(H,15,18)(H,16,20);1H. The summed E-state index contributed by atoms with van der Waals surface area (Å²) in [6.45, 7) is 3.60. The molecule has 0 aromatic rings. The van der Waals surface area contributed by atoms with Crippen molar-refractivity contribution in [2.45, 2.75) is 50.6 Å². The number of urea groups is 1. The number of imide groups is 1. The quantitative estimate of drug-likeness (QED) is 0.641. The van der Waals surface area contributed by atoms with Gasteiger partial charge >= 0.3 is 6.03 Å². The zero-order chi connectivity index (χ0) is 15.0. The topological polar surface area (TPSA) is 105 Å². The molecule has 4 N–H and O–H groups in total. The third kappa shape index (κ3) is 3.47. The van der Waals surface area contributed by atoms with E-state index in [-0.39, 0.29) is 37.3 Å². The van der Waals surface area contributed by atoms with Gasteiger partial charge in [0.05, 0.1) is 0 Å². The monoisotopic (exact) mass is 318 g/mol. The lowest BCUT2D eigenvalue weighted by molar-refractivity contribution is -0.135. The smallest absolute Gasteiger partial charge is 0.325 e. The van der Waals surface area contributed by atoms with Crippen LogP contribution in [0.25, 0.3) is 0 Å². The van der Waals surface area contributed by atoms with Gasteiger partial charge in [-0.05, 0) is 26.7 Å². The second-order valence-electron chi connectivity index (χ2n) is 6.25. The number of nitrogens with one attached hydrogen (secondary N) is 2. The Labute approximate surface area is 130 Å². The molecule has 0 aromatic heterocycles. The molecule has 1 saturated carbocycles. The molecule has 0 aromatic carbocycles. The summed E-state index contributed by atoms with van der Waals surface area (Å²) in [5, 5.41) is 5.46. The van der Waals surface area contributed by atoms with Crippen molar-refractivity contribution in [3.8, 4) is 0 Å². The van der Waals surface area contributed by atoms with Crippen molar-refractivity contribution in [3.63, 3.8) is 0 Å². The van der Waals surface area contributed by atoms with Gasteiger partial charge in [-0.3, -0.25) is 14.5 Å². The molecule has 120 valence electrons. The zero-order valence-electron chi connectivity index (χ0n) is 12.4. The normalized spacial score (nSPS) is 20.4. The molecule has 0 atom stereocenters. The number of nitrogens with zero attached hydrogens (tertiary/aromatic N) is 1. The number of halogens is 1. The summed E-state index contributed by atoms with van der Waals surface area (Å²) < 4.78 is 0. The summed E-state index contributed by atoms with van der Waals surface area (Å²) in [6, 6.07) is -0.474. The van der Waals surface area contributed by atoms with E-state index in [1.165, 1.54) is 0 Å². The van der Waals surface area contributed by atoms with E-state index >= 15 is 0 Å². The molecule has 0 unspecified atom stereocenters. The van der Waals surface area contributed by atoms with Crippen LogP contribution in [0.15, 0.2) is 0 Å². The molecular weight excluding hydrogens is 296 g/mol. The number of hydrogen-bond acceptors (Lipinski definition) is 4. The summed E-state index contributed by atoms with van der Waals surface area (Å²) in [6.07, 6.45) is 3.16. The van der Waals surface area contributed by atoms with Crippen LogP contribution in [0.2, 0.25) is 0 Å². The van der Waals surface area contributed by atoms with Crippen molar-refractivity contribution in [2.24, 2.45) is 5.73 Å². The van der Waals surface area contributed by atoms with Crippen molar-refractivity contribution in [1.82, 2.24) is 15.5 Å². The molecule has 4 amide bonds. The van der Waals surface area contributed by atoms with Gasteiger partial charge in [-0.2, -0.15) is 0 Å². The first-order valence-electron chi connectivity index (χ1n) is 6.95. The molecule has 21 heavy (non-hydrogen) atoms. The molecule has 1 spiro atoms. The number of rotatable bonds is 4. The van der Waals surface area contributed by atoms with Gasteiger partial charge in [-0.25, -0.2) is 4.79 Å². The third-order valence-corrected chi connectivity index (χ3v) is 3.99. The Balaban J connectivity index is 0.00000220. The van der Waals surface area contributed by atoms with Gasteiger partial charge in [0.2, 0.25) is 5.91 Å². The highest BCUT2D eigenvalue weighted by atomic mass is 35.5. The van der Waals surface area contributed by atoms with E-state index in [1.54, 1.807) is 13.8 Å². The highest BCUT2D eigenvalue weighted by Gasteiger charge is 2.52. The van der Waals surface area contributed by atoms with Gasteiger partial charge < -0.3 is 16.4 Å². The lowest BCUT2D eigenvalue weighted by atomic mass is 9.98. The van der Waals surface area contributed by atoms with E-state index < -0.39 is 17.1 Å². The Morgan fingerprint density at radius 1 is 1.38 bits per heavy atom. The van der Waals surface area contributed by atoms with Crippen molar-refractivity contribution >= 4 is 30.3 Å². The van der Waals surface area contributed by atoms with Gasteiger partial charge in [-0.15, -0.1) is 12.4 Å². The van der Waals surface area contributed by atoms with Gasteiger partial charge in [0, 0.05) is 12.1 Å². The summed E-state index contributed by atoms with van der Waals surface area (Å²) in [5.74, 6) is -0.653. The Morgan fingerprint density at radius 3 is 2.48 bits per heavy atom. The molecule has 0 bridgehead atoms. The molecule has 1 aliphatic carbocycles. The molecule has 2 fully saturated rings.